The zero-order chi connectivity index (χ0) is 11.4. The highest BCUT2D eigenvalue weighted by Crippen LogP contribution is 2.36. The molecule has 1 saturated heterocycles. The van der Waals surface area contributed by atoms with E-state index in [-0.39, 0.29) is 0 Å². The Balaban J connectivity index is 1.80. The van der Waals surface area contributed by atoms with Crippen molar-refractivity contribution >= 4 is 0 Å². The number of piperidine rings is 1. The monoisotopic (exact) mass is 226 g/mol. The summed E-state index contributed by atoms with van der Waals surface area (Å²) in [6.07, 6.45) is 6.87. The van der Waals surface area contributed by atoms with Crippen LogP contribution in [0.1, 0.15) is 39.0 Å². The molecule has 2 fully saturated rings. The third-order valence-electron chi connectivity index (χ3n) is 3.84. The molecule has 0 bridgehead atoms. The van der Waals surface area contributed by atoms with Crippen molar-refractivity contribution in [2.45, 2.75) is 51.2 Å². The minimum Gasteiger partial charge on any atom is -0.377 e. The van der Waals surface area contributed by atoms with Gasteiger partial charge in [0.1, 0.15) is 0 Å². The Kier molecular flexibility index (Phi) is 4.62. The third kappa shape index (κ3) is 3.19. The fraction of sp³-hybridized carbons (Fsp3) is 1.00. The molecule has 2 rings (SSSR count). The summed E-state index contributed by atoms with van der Waals surface area (Å²) >= 11 is 0. The first kappa shape index (κ1) is 12.3. The second-order valence-electron chi connectivity index (χ2n) is 5.27. The maximum atomic E-state index is 5.91. The molecular formula is C13H26N2O. The summed E-state index contributed by atoms with van der Waals surface area (Å²) in [4.78, 5) is 2.58. The largest absolute Gasteiger partial charge is 0.377 e. The molecule has 1 aliphatic carbocycles. The molecule has 2 unspecified atom stereocenters. The smallest absolute Gasteiger partial charge is 0.0702 e. The van der Waals surface area contributed by atoms with Crippen molar-refractivity contribution in [3.63, 3.8) is 0 Å². The van der Waals surface area contributed by atoms with E-state index in [1.807, 2.05) is 0 Å². The molecule has 94 valence electrons. The minimum atomic E-state index is 0.460. The fourth-order valence-electron chi connectivity index (χ4n) is 2.81. The molecular weight excluding hydrogens is 200 g/mol. The standard InChI is InChI=1S/C13H26N2O/c1-2-8-16-12-4-3-7-15(10-12)13(9-14)11-5-6-11/h11-13H,2-10,14H2,1H3. The van der Waals surface area contributed by atoms with Crippen LogP contribution in [0.5, 0.6) is 0 Å². The zero-order valence-electron chi connectivity index (χ0n) is 10.5. The Labute approximate surface area is 99.3 Å². The van der Waals surface area contributed by atoms with E-state index < -0.39 is 0 Å². The number of hydrogen-bond donors (Lipinski definition) is 1. The Hall–Kier alpha value is -0.120. The number of rotatable bonds is 6. The molecule has 3 nitrogen and oxygen atoms in total. The summed E-state index contributed by atoms with van der Waals surface area (Å²) in [6.45, 7) is 6.25. The molecule has 1 saturated carbocycles. The van der Waals surface area contributed by atoms with Gasteiger partial charge >= 0.3 is 0 Å². The summed E-state index contributed by atoms with van der Waals surface area (Å²) in [7, 11) is 0. The van der Waals surface area contributed by atoms with Crippen LogP contribution in [0.3, 0.4) is 0 Å². The van der Waals surface area contributed by atoms with E-state index >= 15 is 0 Å². The highest BCUT2D eigenvalue weighted by Gasteiger charge is 2.36. The highest BCUT2D eigenvalue weighted by atomic mass is 16.5. The first-order valence-electron chi connectivity index (χ1n) is 6.90. The van der Waals surface area contributed by atoms with Gasteiger partial charge < -0.3 is 10.5 Å². The molecule has 0 aromatic heterocycles. The van der Waals surface area contributed by atoms with Gasteiger partial charge in [0.25, 0.3) is 0 Å². The van der Waals surface area contributed by atoms with Crippen molar-refractivity contribution < 1.29 is 4.74 Å². The second-order valence-corrected chi connectivity index (χ2v) is 5.27. The maximum absolute atomic E-state index is 5.91. The van der Waals surface area contributed by atoms with Gasteiger partial charge in [-0.15, -0.1) is 0 Å². The molecule has 0 spiro atoms. The summed E-state index contributed by atoms with van der Waals surface area (Å²) in [5, 5.41) is 0. The molecule has 2 aliphatic rings. The molecule has 3 heteroatoms. The topological polar surface area (TPSA) is 38.5 Å². The molecule has 0 aromatic carbocycles. The number of ether oxygens (including phenoxy) is 1. The van der Waals surface area contributed by atoms with E-state index in [4.69, 9.17) is 10.5 Å². The molecule has 16 heavy (non-hydrogen) atoms. The lowest BCUT2D eigenvalue weighted by Crippen LogP contribution is -2.49. The lowest BCUT2D eigenvalue weighted by Gasteiger charge is -2.38. The van der Waals surface area contributed by atoms with E-state index in [0.717, 1.165) is 32.0 Å². The maximum Gasteiger partial charge on any atom is 0.0702 e. The van der Waals surface area contributed by atoms with Crippen molar-refractivity contribution in [3.05, 3.63) is 0 Å². The lowest BCUT2D eigenvalue weighted by atomic mass is 10.0. The van der Waals surface area contributed by atoms with E-state index in [9.17, 15) is 0 Å². The Morgan fingerprint density at radius 2 is 2.19 bits per heavy atom. The van der Waals surface area contributed by atoms with Crippen molar-refractivity contribution in [1.82, 2.24) is 4.90 Å². The quantitative estimate of drug-likeness (QED) is 0.748. The number of nitrogens with zero attached hydrogens (tertiary/aromatic N) is 1. The van der Waals surface area contributed by atoms with Crippen LogP contribution in [0, 0.1) is 5.92 Å². The van der Waals surface area contributed by atoms with Gasteiger partial charge in [-0.1, -0.05) is 6.92 Å². The van der Waals surface area contributed by atoms with Crippen molar-refractivity contribution in [2.24, 2.45) is 11.7 Å². The minimum absolute atomic E-state index is 0.460. The summed E-state index contributed by atoms with van der Waals surface area (Å²) < 4.78 is 5.87. The molecule has 0 aromatic rings. The van der Waals surface area contributed by atoms with Gasteiger partial charge in [0, 0.05) is 25.7 Å². The van der Waals surface area contributed by atoms with Crippen LogP contribution < -0.4 is 5.73 Å². The average molecular weight is 226 g/mol. The van der Waals surface area contributed by atoms with Crippen molar-refractivity contribution in [3.8, 4) is 0 Å². The molecule has 0 radical (unpaired) electrons. The van der Waals surface area contributed by atoms with Crippen LogP contribution >= 0.6 is 0 Å². The number of hydrogen-bond acceptors (Lipinski definition) is 3. The summed E-state index contributed by atoms with van der Waals surface area (Å²) in [5.74, 6) is 0.884. The average Bonchev–Trinajstić information content (AvgIpc) is 3.12. The highest BCUT2D eigenvalue weighted by molar-refractivity contribution is 4.91. The second kappa shape index (κ2) is 5.99. The van der Waals surface area contributed by atoms with Gasteiger partial charge in [0.05, 0.1) is 6.10 Å². The predicted octanol–water partition coefficient (Wildman–Crippen LogP) is 1.61. The van der Waals surface area contributed by atoms with Crippen LogP contribution in [0.15, 0.2) is 0 Å². The van der Waals surface area contributed by atoms with E-state index in [2.05, 4.69) is 11.8 Å². The van der Waals surface area contributed by atoms with Gasteiger partial charge in [-0.05, 0) is 44.6 Å². The Bertz CT molecular complexity index is 206. The Morgan fingerprint density at radius 1 is 1.38 bits per heavy atom. The SMILES string of the molecule is CCCOC1CCCN(C(CN)C2CC2)C1. The van der Waals surface area contributed by atoms with E-state index in [1.54, 1.807) is 0 Å². The van der Waals surface area contributed by atoms with Gasteiger partial charge in [0.15, 0.2) is 0 Å². The first-order chi connectivity index (χ1) is 7.85. The van der Waals surface area contributed by atoms with Crippen LogP contribution in [-0.4, -0.2) is 43.3 Å². The molecule has 2 N–H and O–H groups in total. The summed E-state index contributed by atoms with van der Waals surface area (Å²) in [5.41, 5.74) is 5.91. The van der Waals surface area contributed by atoms with Crippen molar-refractivity contribution in [1.29, 1.82) is 0 Å². The van der Waals surface area contributed by atoms with Gasteiger partial charge in [0.2, 0.25) is 0 Å². The molecule has 2 atom stereocenters. The first-order valence-corrected chi connectivity index (χ1v) is 6.90. The third-order valence-corrected chi connectivity index (χ3v) is 3.84. The predicted molar refractivity (Wildman–Crippen MR) is 66.4 cm³/mol. The molecule has 0 amide bonds. The van der Waals surface area contributed by atoms with Gasteiger partial charge in [-0.2, -0.15) is 0 Å². The molecule has 1 aliphatic heterocycles. The number of likely N-dealkylation sites (tertiary alicyclic amines) is 1. The summed E-state index contributed by atoms with van der Waals surface area (Å²) in [6, 6.07) is 0.632. The zero-order valence-corrected chi connectivity index (χ0v) is 10.5. The molecule has 1 heterocycles. The van der Waals surface area contributed by atoms with Gasteiger partial charge in [-0.3, -0.25) is 4.90 Å². The Morgan fingerprint density at radius 3 is 2.81 bits per heavy atom. The lowest BCUT2D eigenvalue weighted by molar-refractivity contribution is -0.0141. The normalized spacial score (nSPS) is 29.2. The van der Waals surface area contributed by atoms with E-state index in [0.29, 0.717) is 12.1 Å². The van der Waals surface area contributed by atoms with Crippen molar-refractivity contribution in [2.75, 3.05) is 26.2 Å². The number of nitrogens with two attached hydrogens (primary N) is 1. The van der Waals surface area contributed by atoms with Crippen LogP contribution in [0.4, 0.5) is 0 Å². The van der Waals surface area contributed by atoms with Crippen LogP contribution in [0.25, 0.3) is 0 Å². The fourth-order valence-corrected chi connectivity index (χ4v) is 2.81. The van der Waals surface area contributed by atoms with E-state index in [1.165, 1.54) is 32.2 Å². The van der Waals surface area contributed by atoms with Crippen LogP contribution in [0.2, 0.25) is 0 Å². The van der Waals surface area contributed by atoms with Crippen LogP contribution in [-0.2, 0) is 4.74 Å². The van der Waals surface area contributed by atoms with Gasteiger partial charge in [-0.25, -0.2) is 0 Å².